The summed E-state index contributed by atoms with van der Waals surface area (Å²) in [6.45, 7) is 7.29. The average molecular weight is 362 g/mol. The number of imidazole rings is 1. The van der Waals surface area contributed by atoms with Crippen molar-refractivity contribution in [3.63, 3.8) is 0 Å². The van der Waals surface area contributed by atoms with E-state index in [1.165, 1.54) is 0 Å². The van der Waals surface area contributed by atoms with Gasteiger partial charge in [-0.15, -0.1) is 0 Å². The van der Waals surface area contributed by atoms with Crippen molar-refractivity contribution in [3.05, 3.63) is 47.5 Å². The summed E-state index contributed by atoms with van der Waals surface area (Å²) in [4.78, 5) is 21.0. The molecule has 25 heavy (non-hydrogen) atoms. The van der Waals surface area contributed by atoms with E-state index >= 15 is 0 Å². The summed E-state index contributed by atoms with van der Waals surface area (Å²) in [5, 5.41) is 3.53. The van der Waals surface area contributed by atoms with Crippen LogP contribution in [-0.4, -0.2) is 58.1 Å². The number of hydrogen-bond donors (Lipinski definition) is 1. The summed E-state index contributed by atoms with van der Waals surface area (Å²) in [5.41, 5.74) is 0.729. The van der Waals surface area contributed by atoms with Crippen molar-refractivity contribution in [2.45, 2.75) is 19.9 Å². The Morgan fingerprint density at radius 3 is 2.76 bits per heavy atom. The molecule has 3 rings (SSSR count). The molecular formula is C18H24ClN5O. The van der Waals surface area contributed by atoms with Crippen LogP contribution in [-0.2, 0) is 13.0 Å². The van der Waals surface area contributed by atoms with Crippen LogP contribution in [0.4, 0.5) is 10.5 Å². The topological polar surface area (TPSA) is 53.4 Å². The molecular weight excluding hydrogens is 338 g/mol. The normalized spacial score (nSPS) is 15.4. The van der Waals surface area contributed by atoms with Crippen LogP contribution in [0.5, 0.6) is 0 Å². The highest BCUT2D eigenvalue weighted by atomic mass is 35.5. The van der Waals surface area contributed by atoms with Crippen molar-refractivity contribution in [2.75, 3.05) is 38.0 Å². The molecule has 2 amide bonds. The Kier molecular flexibility index (Phi) is 5.94. The van der Waals surface area contributed by atoms with E-state index in [2.05, 4.69) is 26.7 Å². The minimum Gasteiger partial charge on any atom is -0.334 e. The third-order valence-corrected chi connectivity index (χ3v) is 4.75. The van der Waals surface area contributed by atoms with Gasteiger partial charge >= 0.3 is 6.03 Å². The second-order valence-electron chi connectivity index (χ2n) is 6.16. The second-order valence-corrected chi connectivity index (χ2v) is 6.60. The third-order valence-electron chi connectivity index (χ3n) is 4.51. The number of amides is 2. The van der Waals surface area contributed by atoms with Gasteiger partial charge in [-0.05, 0) is 18.2 Å². The molecule has 0 unspecified atom stereocenters. The van der Waals surface area contributed by atoms with Crippen LogP contribution >= 0.6 is 11.6 Å². The molecule has 7 heteroatoms. The number of halogens is 1. The van der Waals surface area contributed by atoms with Crippen molar-refractivity contribution < 1.29 is 4.79 Å². The van der Waals surface area contributed by atoms with Crippen LogP contribution in [0, 0.1) is 0 Å². The molecule has 1 aliphatic rings. The summed E-state index contributed by atoms with van der Waals surface area (Å²) in [6, 6.07) is 7.16. The van der Waals surface area contributed by atoms with Gasteiger partial charge in [0.1, 0.15) is 5.82 Å². The molecule has 1 aromatic heterocycles. The fraction of sp³-hybridized carbons (Fsp3) is 0.444. The molecule has 6 nitrogen and oxygen atoms in total. The standard InChI is InChI=1S/C18H24ClN5O/c1-2-17-20-6-7-23(17)11-8-22-9-12-24(13-10-22)18(25)21-16-5-3-4-15(19)14-16/h3-7,14H,2,8-13H2,1H3,(H,21,25). The zero-order valence-electron chi connectivity index (χ0n) is 14.5. The van der Waals surface area contributed by atoms with Crippen molar-refractivity contribution >= 4 is 23.3 Å². The van der Waals surface area contributed by atoms with E-state index in [1.54, 1.807) is 12.1 Å². The number of aromatic nitrogens is 2. The molecule has 134 valence electrons. The molecule has 0 spiro atoms. The lowest BCUT2D eigenvalue weighted by Crippen LogP contribution is -2.50. The van der Waals surface area contributed by atoms with Crippen molar-refractivity contribution in [1.29, 1.82) is 0 Å². The third kappa shape index (κ3) is 4.74. The number of rotatable bonds is 5. The van der Waals surface area contributed by atoms with E-state index in [0.717, 1.165) is 57.2 Å². The zero-order valence-corrected chi connectivity index (χ0v) is 15.2. The van der Waals surface area contributed by atoms with Gasteiger partial charge in [0, 0.05) is 68.8 Å². The van der Waals surface area contributed by atoms with Gasteiger partial charge in [0.2, 0.25) is 0 Å². The first-order valence-corrected chi connectivity index (χ1v) is 9.07. The van der Waals surface area contributed by atoms with Gasteiger partial charge in [0.15, 0.2) is 0 Å². The molecule has 1 saturated heterocycles. The predicted molar refractivity (Wildman–Crippen MR) is 100 cm³/mol. The molecule has 1 fully saturated rings. The summed E-state index contributed by atoms with van der Waals surface area (Å²) in [5.74, 6) is 1.12. The maximum absolute atomic E-state index is 12.4. The number of nitrogens with one attached hydrogen (secondary N) is 1. The molecule has 0 saturated carbocycles. The Morgan fingerprint density at radius 1 is 1.24 bits per heavy atom. The van der Waals surface area contributed by atoms with Gasteiger partial charge in [0.25, 0.3) is 0 Å². The number of anilines is 1. The number of benzene rings is 1. The van der Waals surface area contributed by atoms with E-state index in [1.807, 2.05) is 29.4 Å². The number of carbonyl (C=O) groups excluding carboxylic acids is 1. The van der Waals surface area contributed by atoms with Gasteiger partial charge in [-0.1, -0.05) is 24.6 Å². The van der Waals surface area contributed by atoms with Gasteiger partial charge < -0.3 is 14.8 Å². The smallest absolute Gasteiger partial charge is 0.321 e. The minimum absolute atomic E-state index is 0.0650. The molecule has 0 atom stereocenters. The first-order chi connectivity index (χ1) is 12.2. The average Bonchev–Trinajstić information content (AvgIpc) is 3.08. The Bertz CT molecular complexity index is 709. The summed E-state index contributed by atoms with van der Waals surface area (Å²) in [6.07, 6.45) is 4.84. The van der Waals surface area contributed by atoms with Gasteiger partial charge in [-0.25, -0.2) is 9.78 Å². The van der Waals surface area contributed by atoms with E-state index in [9.17, 15) is 4.79 Å². The minimum atomic E-state index is -0.0650. The number of nitrogens with zero attached hydrogens (tertiary/aromatic N) is 4. The summed E-state index contributed by atoms with van der Waals surface area (Å²) >= 11 is 5.95. The highest BCUT2D eigenvalue weighted by Gasteiger charge is 2.21. The van der Waals surface area contributed by atoms with Crippen LogP contribution < -0.4 is 5.32 Å². The highest BCUT2D eigenvalue weighted by molar-refractivity contribution is 6.30. The Hall–Kier alpha value is -2.05. The summed E-state index contributed by atoms with van der Waals surface area (Å²) < 4.78 is 2.21. The largest absolute Gasteiger partial charge is 0.334 e. The van der Waals surface area contributed by atoms with Crippen LogP contribution in [0.1, 0.15) is 12.7 Å². The van der Waals surface area contributed by atoms with Gasteiger partial charge in [-0.3, -0.25) is 4.90 Å². The molecule has 0 bridgehead atoms. The maximum atomic E-state index is 12.4. The highest BCUT2D eigenvalue weighted by Crippen LogP contribution is 2.15. The van der Waals surface area contributed by atoms with Gasteiger partial charge in [0.05, 0.1) is 0 Å². The molecule has 1 aromatic carbocycles. The van der Waals surface area contributed by atoms with E-state index in [4.69, 9.17) is 11.6 Å². The predicted octanol–water partition coefficient (Wildman–Crippen LogP) is 2.95. The Balaban J connectivity index is 1.44. The van der Waals surface area contributed by atoms with Crippen LogP contribution in [0.2, 0.25) is 5.02 Å². The van der Waals surface area contributed by atoms with Crippen LogP contribution in [0.3, 0.4) is 0 Å². The van der Waals surface area contributed by atoms with Crippen LogP contribution in [0.15, 0.2) is 36.7 Å². The number of aryl methyl sites for hydroxylation is 1. The quantitative estimate of drug-likeness (QED) is 0.890. The molecule has 2 aromatic rings. The Morgan fingerprint density at radius 2 is 2.04 bits per heavy atom. The molecule has 0 radical (unpaired) electrons. The first kappa shape index (κ1) is 17.8. The monoisotopic (exact) mass is 361 g/mol. The number of piperazine rings is 1. The lowest BCUT2D eigenvalue weighted by Gasteiger charge is -2.34. The van der Waals surface area contributed by atoms with Crippen molar-refractivity contribution in [1.82, 2.24) is 19.4 Å². The molecule has 2 heterocycles. The van der Waals surface area contributed by atoms with Crippen molar-refractivity contribution in [2.24, 2.45) is 0 Å². The van der Waals surface area contributed by atoms with E-state index < -0.39 is 0 Å². The molecule has 1 aliphatic heterocycles. The van der Waals surface area contributed by atoms with Crippen molar-refractivity contribution in [3.8, 4) is 0 Å². The lowest BCUT2D eigenvalue weighted by molar-refractivity contribution is 0.144. The fourth-order valence-corrected chi connectivity index (χ4v) is 3.24. The number of urea groups is 1. The SMILES string of the molecule is CCc1nccn1CCN1CCN(C(=O)Nc2cccc(Cl)c2)CC1. The zero-order chi connectivity index (χ0) is 17.6. The maximum Gasteiger partial charge on any atom is 0.321 e. The molecule has 1 N–H and O–H groups in total. The molecule has 0 aliphatic carbocycles. The summed E-state index contributed by atoms with van der Waals surface area (Å²) in [7, 11) is 0. The fourth-order valence-electron chi connectivity index (χ4n) is 3.05. The van der Waals surface area contributed by atoms with Gasteiger partial charge in [-0.2, -0.15) is 0 Å². The number of hydrogen-bond acceptors (Lipinski definition) is 3. The first-order valence-electron chi connectivity index (χ1n) is 8.69. The second kappa shape index (κ2) is 8.36. The van der Waals surface area contributed by atoms with E-state index in [0.29, 0.717) is 5.02 Å². The number of carbonyl (C=O) groups is 1. The Labute approximate surface area is 153 Å². The lowest BCUT2D eigenvalue weighted by atomic mass is 10.3. The van der Waals surface area contributed by atoms with E-state index in [-0.39, 0.29) is 6.03 Å². The van der Waals surface area contributed by atoms with Crippen LogP contribution in [0.25, 0.3) is 0 Å².